The van der Waals surface area contributed by atoms with Crippen LogP contribution in [0.3, 0.4) is 0 Å². The number of anilines is 1. The molecule has 2 aliphatic heterocycles. The highest BCUT2D eigenvalue weighted by Crippen LogP contribution is 2.65. The topological polar surface area (TPSA) is 21.3 Å². The Bertz CT molecular complexity index is 472. The van der Waals surface area contributed by atoms with Crippen LogP contribution in [0.1, 0.15) is 38.4 Å². The lowest BCUT2D eigenvalue weighted by molar-refractivity contribution is -0.0764. The first-order valence-corrected chi connectivity index (χ1v) is 6.17. The Kier molecular flexibility index (Phi) is 1.39. The van der Waals surface area contributed by atoms with E-state index < -0.39 is 0 Å². The van der Waals surface area contributed by atoms with E-state index in [2.05, 4.69) is 43.4 Å². The molecular formula is C14H17NO. The Morgan fingerprint density at radius 2 is 2.06 bits per heavy atom. The summed E-state index contributed by atoms with van der Waals surface area (Å²) in [5, 5.41) is 3.71. The van der Waals surface area contributed by atoms with Crippen LogP contribution in [0, 0.1) is 5.41 Å². The molecule has 0 amide bonds. The maximum absolute atomic E-state index is 6.34. The summed E-state index contributed by atoms with van der Waals surface area (Å²) in [4.78, 5) is 0. The van der Waals surface area contributed by atoms with Gasteiger partial charge in [-0.25, -0.2) is 0 Å². The fourth-order valence-corrected chi connectivity index (χ4v) is 4.07. The van der Waals surface area contributed by atoms with Gasteiger partial charge in [0.1, 0.15) is 0 Å². The summed E-state index contributed by atoms with van der Waals surface area (Å²) in [7, 11) is 0. The van der Waals surface area contributed by atoms with Crippen molar-refractivity contribution in [2.75, 3.05) is 5.32 Å². The van der Waals surface area contributed by atoms with Crippen molar-refractivity contribution in [3.05, 3.63) is 29.8 Å². The fraction of sp³-hybridized carbons (Fsp3) is 0.571. The largest absolute Gasteiger partial charge is 0.378 e. The average Bonchev–Trinajstić information content (AvgIpc) is 2.60. The van der Waals surface area contributed by atoms with E-state index in [1.165, 1.54) is 24.1 Å². The van der Waals surface area contributed by atoms with Gasteiger partial charge in [0.15, 0.2) is 0 Å². The third kappa shape index (κ3) is 0.809. The molecule has 2 nitrogen and oxygen atoms in total. The van der Waals surface area contributed by atoms with Gasteiger partial charge in [-0.15, -0.1) is 0 Å². The van der Waals surface area contributed by atoms with Crippen molar-refractivity contribution in [3.8, 4) is 0 Å². The van der Waals surface area contributed by atoms with Gasteiger partial charge in [0, 0.05) is 16.7 Å². The molecule has 84 valence electrons. The van der Waals surface area contributed by atoms with E-state index >= 15 is 0 Å². The zero-order valence-corrected chi connectivity index (χ0v) is 9.79. The quantitative estimate of drug-likeness (QED) is 0.718. The normalized spacial score (nSPS) is 47.6. The number of nitrogens with one attached hydrogen (secondary N) is 1. The van der Waals surface area contributed by atoms with Gasteiger partial charge >= 0.3 is 0 Å². The molecule has 4 atom stereocenters. The number of ether oxygens (including phenoxy) is 1. The van der Waals surface area contributed by atoms with E-state index in [9.17, 15) is 0 Å². The first kappa shape index (κ1) is 9.06. The molecule has 4 bridgehead atoms. The van der Waals surface area contributed by atoms with Crippen LogP contribution >= 0.6 is 0 Å². The summed E-state index contributed by atoms with van der Waals surface area (Å²) in [6, 6.07) is 9.08. The van der Waals surface area contributed by atoms with E-state index in [0.717, 1.165) is 0 Å². The third-order valence-electron chi connectivity index (χ3n) is 4.96. The highest BCUT2D eigenvalue weighted by atomic mass is 16.5. The number of para-hydroxylation sites is 1. The smallest absolute Gasteiger partial charge is 0.0927 e. The van der Waals surface area contributed by atoms with Gasteiger partial charge in [-0.3, -0.25) is 0 Å². The Morgan fingerprint density at radius 3 is 2.94 bits per heavy atom. The molecule has 1 saturated carbocycles. The molecule has 0 aromatic heterocycles. The minimum atomic E-state index is 0.0401. The maximum atomic E-state index is 6.34. The Hall–Kier alpha value is -1.02. The summed E-state index contributed by atoms with van der Waals surface area (Å²) >= 11 is 0. The van der Waals surface area contributed by atoms with Crippen molar-refractivity contribution in [2.24, 2.45) is 5.41 Å². The standard InChI is InChI=1S/C14H17NO/c1-13-7-8-14(2)12(13)15-10-6-4-3-5-9(10)11(13)16-14/h3-6,11-12,15H,7-8H2,1-2H3/t11?,12?,13-,14+/m0/s1. The molecule has 2 unspecified atom stereocenters. The van der Waals surface area contributed by atoms with Gasteiger partial charge in [0.2, 0.25) is 0 Å². The van der Waals surface area contributed by atoms with Crippen LogP contribution < -0.4 is 5.32 Å². The zero-order valence-electron chi connectivity index (χ0n) is 9.79. The Morgan fingerprint density at radius 1 is 1.25 bits per heavy atom. The van der Waals surface area contributed by atoms with Gasteiger partial charge < -0.3 is 10.1 Å². The number of fused-ring (bicyclic) bond motifs is 2. The van der Waals surface area contributed by atoms with Crippen LogP contribution in [0.5, 0.6) is 0 Å². The second-order valence-corrected chi connectivity index (χ2v) is 5.98. The first-order chi connectivity index (χ1) is 7.63. The lowest BCUT2D eigenvalue weighted by Gasteiger charge is -2.38. The molecule has 0 radical (unpaired) electrons. The van der Waals surface area contributed by atoms with Crippen molar-refractivity contribution in [1.29, 1.82) is 0 Å². The molecule has 4 rings (SSSR count). The van der Waals surface area contributed by atoms with E-state index in [0.29, 0.717) is 17.6 Å². The van der Waals surface area contributed by atoms with Gasteiger partial charge in [0.05, 0.1) is 17.7 Å². The fourth-order valence-electron chi connectivity index (χ4n) is 4.07. The van der Waals surface area contributed by atoms with Crippen molar-refractivity contribution >= 4 is 5.69 Å². The summed E-state index contributed by atoms with van der Waals surface area (Å²) in [5.41, 5.74) is 2.96. The Labute approximate surface area is 96.0 Å². The van der Waals surface area contributed by atoms with Gasteiger partial charge in [-0.05, 0) is 25.8 Å². The molecule has 1 aliphatic carbocycles. The molecule has 16 heavy (non-hydrogen) atoms. The molecule has 0 spiro atoms. The van der Waals surface area contributed by atoms with Crippen LogP contribution in [0.25, 0.3) is 0 Å². The van der Waals surface area contributed by atoms with Crippen LogP contribution in [0.4, 0.5) is 5.69 Å². The van der Waals surface area contributed by atoms with E-state index in [4.69, 9.17) is 4.74 Å². The molecular weight excluding hydrogens is 198 g/mol. The lowest BCUT2D eigenvalue weighted by Crippen LogP contribution is -2.43. The zero-order chi connectivity index (χ0) is 11.0. The average molecular weight is 215 g/mol. The lowest BCUT2D eigenvalue weighted by atomic mass is 9.74. The predicted octanol–water partition coefficient (Wildman–Crippen LogP) is 3.11. The molecule has 2 heterocycles. The minimum absolute atomic E-state index is 0.0401. The molecule has 2 heteroatoms. The molecule has 3 aliphatic rings. The summed E-state index contributed by atoms with van der Waals surface area (Å²) in [6.07, 6.45) is 2.76. The van der Waals surface area contributed by atoms with Crippen molar-refractivity contribution < 1.29 is 4.74 Å². The minimum Gasteiger partial charge on any atom is -0.378 e. The highest BCUT2D eigenvalue weighted by molar-refractivity contribution is 5.59. The van der Waals surface area contributed by atoms with Crippen LogP contribution in [0.15, 0.2) is 24.3 Å². The van der Waals surface area contributed by atoms with Crippen LogP contribution in [-0.4, -0.2) is 11.6 Å². The first-order valence-electron chi connectivity index (χ1n) is 6.17. The van der Waals surface area contributed by atoms with Crippen LogP contribution in [-0.2, 0) is 4.74 Å². The number of rotatable bonds is 0. The molecule has 1 aromatic carbocycles. The summed E-state index contributed by atoms with van der Waals surface area (Å²) < 4.78 is 6.34. The third-order valence-corrected chi connectivity index (χ3v) is 4.96. The van der Waals surface area contributed by atoms with Crippen molar-refractivity contribution in [3.63, 3.8) is 0 Å². The second-order valence-electron chi connectivity index (χ2n) is 5.98. The van der Waals surface area contributed by atoms with Crippen molar-refractivity contribution in [1.82, 2.24) is 0 Å². The molecule has 1 saturated heterocycles. The highest BCUT2D eigenvalue weighted by Gasteiger charge is 2.66. The second kappa shape index (κ2) is 2.45. The number of hydrogen-bond acceptors (Lipinski definition) is 2. The summed E-state index contributed by atoms with van der Waals surface area (Å²) in [5.74, 6) is 0. The molecule has 2 fully saturated rings. The SMILES string of the molecule is C[C@]12CC[C@@]3(C)OC1c1ccccc1NC23. The number of hydrogen-bond donors (Lipinski definition) is 1. The van der Waals surface area contributed by atoms with Crippen LogP contribution in [0.2, 0.25) is 0 Å². The van der Waals surface area contributed by atoms with Gasteiger partial charge in [-0.1, -0.05) is 25.1 Å². The van der Waals surface area contributed by atoms with E-state index in [-0.39, 0.29) is 5.60 Å². The van der Waals surface area contributed by atoms with Gasteiger partial charge in [-0.2, -0.15) is 0 Å². The van der Waals surface area contributed by atoms with Crippen molar-refractivity contribution in [2.45, 2.75) is 44.4 Å². The predicted molar refractivity (Wildman–Crippen MR) is 63.4 cm³/mol. The monoisotopic (exact) mass is 215 g/mol. The number of benzene rings is 1. The molecule has 1 aromatic rings. The maximum Gasteiger partial charge on any atom is 0.0927 e. The van der Waals surface area contributed by atoms with E-state index in [1.54, 1.807) is 0 Å². The molecule has 1 N–H and O–H groups in total. The summed E-state index contributed by atoms with van der Waals surface area (Å²) in [6.45, 7) is 4.64. The Balaban J connectivity index is 1.94. The van der Waals surface area contributed by atoms with Gasteiger partial charge in [0.25, 0.3) is 0 Å². The van der Waals surface area contributed by atoms with E-state index in [1.807, 2.05) is 0 Å².